The van der Waals surface area contributed by atoms with Gasteiger partial charge in [-0.1, -0.05) is 48.5 Å². The Balaban J connectivity index is 1.25. The van der Waals surface area contributed by atoms with Crippen LogP contribution in [-0.4, -0.2) is 34.2 Å². The lowest BCUT2D eigenvalue weighted by molar-refractivity contribution is -0.116. The van der Waals surface area contributed by atoms with Gasteiger partial charge in [-0.3, -0.25) is 14.8 Å². The van der Waals surface area contributed by atoms with Gasteiger partial charge in [-0.2, -0.15) is 5.10 Å². The summed E-state index contributed by atoms with van der Waals surface area (Å²) in [4.78, 5) is 14.8. The molecule has 0 bridgehead atoms. The van der Waals surface area contributed by atoms with Crippen LogP contribution in [0, 0.1) is 13.8 Å². The zero-order valence-corrected chi connectivity index (χ0v) is 18.3. The Labute approximate surface area is 183 Å². The summed E-state index contributed by atoms with van der Waals surface area (Å²) in [5, 5.41) is 10.5. The number of nitrogens with zero attached hydrogens (tertiary/aromatic N) is 2. The molecule has 0 atom stereocenters. The van der Waals surface area contributed by atoms with Crippen LogP contribution in [0.4, 0.5) is 5.82 Å². The highest BCUT2D eigenvalue weighted by Gasteiger charge is 2.22. The highest BCUT2D eigenvalue weighted by Crippen LogP contribution is 2.25. The molecule has 2 N–H and O–H groups in total. The van der Waals surface area contributed by atoms with Gasteiger partial charge in [-0.15, -0.1) is 0 Å². The summed E-state index contributed by atoms with van der Waals surface area (Å²) in [7, 11) is 0. The molecule has 0 spiro atoms. The monoisotopic (exact) mass is 418 g/mol. The van der Waals surface area contributed by atoms with Gasteiger partial charge in [0.2, 0.25) is 5.91 Å². The van der Waals surface area contributed by atoms with Crippen LogP contribution in [0.2, 0.25) is 0 Å². The van der Waals surface area contributed by atoms with Crippen molar-refractivity contribution in [1.82, 2.24) is 15.1 Å². The second kappa shape index (κ2) is 9.79. The predicted molar refractivity (Wildman–Crippen MR) is 122 cm³/mol. The summed E-state index contributed by atoms with van der Waals surface area (Å²) < 4.78 is 5.90. The Kier molecular flexibility index (Phi) is 6.67. The van der Waals surface area contributed by atoms with E-state index in [4.69, 9.17) is 4.74 Å². The topological polar surface area (TPSA) is 70.2 Å². The minimum atomic E-state index is -0.0221. The van der Waals surface area contributed by atoms with E-state index in [9.17, 15) is 4.79 Å². The normalized spacial score (nSPS) is 13.6. The van der Waals surface area contributed by atoms with Crippen LogP contribution in [0.3, 0.4) is 0 Å². The van der Waals surface area contributed by atoms with Crippen molar-refractivity contribution in [3.8, 4) is 5.75 Å². The van der Waals surface area contributed by atoms with Crippen molar-refractivity contribution in [2.45, 2.75) is 46.2 Å². The number of hydrogen-bond donors (Lipinski definition) is 2. The van der Waals surface area contributed by atoms with E-state index in [1.807, 2.05) is 38.1 Å². The molecule has 0 fully saturated rings. The molecule has 0 saturated carbocycles. The van der Waals surface area contributed by atoms with Gasteiger partial charge in [0.05, 0.1) is 12.3 Å². The summed E-state index contributed by atoms with van der Waals surface area (Å²) >= 11 is 0. The molecule has 162 valence electrons. The van der Waals surface area contributed by atoms with Crippen molar-refractivity contribution in [2.24, 2.45) is 0 Å². The number of ether oxygens (including phenoxy) is 1. The first kappa shape index (κ1) is 21.1. The van der Waals surface area contributed by atoms with Crippen molar-refractivity contribution in [1.29, 1.82) is 0 Å². The Morgan fingerprint density at radius 1 is 1.13 bits per heavy atom. The van der Waals surface area contributed by atoms with E-state index in [1.165, 1.54) is 5.56 Å². The highest BCUT2D eigenvalue weighted by atomic mass is 16.5. The van der Waals surface area contributed by atoms with E-state index >= 15 is 0 Å². The minimum Gasteiger partial charge on any atom is -0.493 e. The summed E-state index contributed by atoms with van der Waals surface area (Å²) in [6.45, 7) is 7.28. The molecule has 1 amide bonds. The standard InChI is InChI=1S/C25H30N4O2/c1-18-8-6-9-19(2)24(18)31-15-7-12-23(30)26-25-21-13-14-29(17-22(21)27-28-25)16-20-10-4-3-5-11-20/h3-6,8-11H,7,12-17H2,1-2H3,(H2,26,27,28,30). The van der Waals surface area contributed by atoms with Crippen molar-refractivity contribution in [3.05, 3.63) is 76.5 Å². The minimum absolute atomic E-state index is 0.0221. The number of carbonyl (C=O) groups is 1. The number of aromatic amines is 1. The van der Waals surface area contributed by atoms with Gasteiger partial charge in [-0.25, -0.2) is 0 Å². The van der Waals surface area contributed by atoms with Crippen molar-refractivity contribution >= 4 is 11.7 Å². The van der Waals surface area contributed by atoms with Crippen LogP contribution < -0.4 is 10.1 Å². The molecule has 1 aliphatic heterocycles. The van der Waals surface area contributed by atoms with Gasteiger partial charge in [0.1, 0.15) is 5.75 Å². The van der Waals surface area contributed by atoms with E-state index in [0.717, 1.165) is 54.2 Å². The van der Waals surface area contributed by atoms with Crippen LogP contribution in [-0.2, 0) is 24.3 Å². The van der Waals surface area contributed by atoms with Gasteiger partial charge in [0.25, 0.3) is 0 Å². The van der Waals surface area contributed by atoms with Crippen LogP contribution >= 0.6 is 0 Å². The third-order valence-electron chi connectivity index (χ3n) is 5.72. The lowest BCUT2D eigenvalue weighted by Crippen LogP contribution is -2.30. The number of para-hydroxylation sites is 1. The predicted octanol–water partition coefficient (Wildman–Crippen LogP) is 4.38. The average Bonchev–Trinajstić information content (AvgIpc) is 3.15. The first-order valence-electron chi connectivity index (χ1n) is 10.9. The fraction of sp³-hybridized carbons (Fsp3) is 0.360. The maximum Gasteiger partial charge on any atom is 0.225 e. The number of benzene rings is 2. The Morgan fingerprint density at radius 2 is 1.90 bits per heavy atom. The molecule has 2 heterocycles. The molecule has 0 aliphatic carbocycles. The van der Waals surface area contributed by atoms with Crippen LogP contribution in [0.5, 0.6) is 5.75 Å². The molecule has 6 nitrogen and oxygen atoms in total. The number of aromatic nitrogens is 2. The quantitative estimate of drug-likeness (QED) is 0.533. The first-order chi connectivity index (χ1) is 15.1. The van der Waals surface area contributed by atoms with Crippen LogP contribution in [0.1, 0.15) is 40.8 Å². The average molecular weight is 419 g/mol. The van der Waals surface area contributed by atoms with Gasteiger partial charge in [-0.05, 0) is 43.4 Å². The molecule has 4 rings (SSSR count). The number of hydrogen-bond acceptors (Lipinski definition) is 4. The molecule has 1 aromatic heterocycles. The maximum absolute atomic E-state index is 12.4. The third-order valence-corrected chi connectivity index (χ3v) is 5.72. The molecule has 0 radical (unpaired) electrons. The van der Waals surface area contributed by atoms with Gasteiger partial charge in [0.15, 0.2) is 5.82 Å². The Bertz CT molecular complexity index is 1010. The number of amides is 1. The number of anilines is 1. The molecular formula is C25H30N4O2. The maximum atomic E-state index is 12.4. The van der Waals surface area contributed by atoms with Crippen molar-refractivity contribution in [3.63, 3.8) is 0 Å². The zero-order valence-electron chi connectivity index (χ0n) is 18.3. The Morgan fingerprint density at radius 3 is 2.68 bits per heavy atom. The second-order valence-corrected chi connectivity index (χ2v) is 8.20. The molecular weight excluding hydrogens is 388 g/mol. The van der Waals surface area contributed by atoms with Gasteiger partial charge < -0.3 is 10.1 Å². The lowest BCUT2D eigenvalue weighted by atomic mass is 10.1. The first-order valence-corrected chi connectivity index (χ1v) is 10.9. The van der Waals surface area contributed by atoms with E-state index in [-0.39, 0.29) is 5.91 Å². The number of carbonyl (C=O) groups excluding carboxylic acids is 1. The van der Waals surface area contributed by atoms with Crippen LogP contribution in [0.25, 0.3) is 0 Å². The second-order valence-electron chi connectivity index (χ2n) is 8.20. The molecule has 1 aliphatic rings. The summed E-state index contributed by atoms with van der Waals surface area (Å²) in [5.41, 5.74) is 5.77. The third kappa shape index (κ3) is 5.33. The number of H-pyrrole nitrogens is 1. The van der Waals surface area contributed by atoms with Crippen molar-refractivity contribution in [2.75, 3.05) is 18.5 Å². The smallest absolute Gasteiger partial charge is 0.225 e. The molecule has 2 aromatic carbocycles. The molecule has 0 unspecified atom stereocenters. The van der Waals surface area contributed by atoms with E-state index in [2.05, 4.69) is 44.7 Å². The molecule has 6 heteroatoms. The lowest BCUT2D eigenvalue weighted by Gasteiger charge is -2.26. The number of aryl methyl sites for hydroxylation is 2. The largest absolute Gasteiger partial charge is 0.493 e. The summed E-state index contributed by atoms with van der Waals surface area (Å²) in [5.74, 6) is 1.57. The highest BCUT2D eigenvalue weighted by molar-refractivity contribution is 5.90. The Hall–Kier alpha value is -3.12. The SMILES string of the molecule is Cc1cccc(C)c1OCCCC(=O)Nc1n[nH]c2c1CCN(Cc1ccccc1)C2. The molecule has 3 aromatic rings. The molecule has 0 saturated heterocycles. The summed E-state index contributed by atoms with van der Waals surface area (Å²) in [6, 6.07) is 16.6. The number of nitrogens with one attached hydrogen (secondary N) is 2. The van der Waals surface area contributed by atoms with Gasteiger partial charge >= 0.3 is 0 Å². The number of fused-ring (bicyclic) bond motifs is 1. The fourth-order valence-electron chi connectivity index (χ4n) is 4.08. The van der Waals surface area contributed by atoms with E-state index in [0.29, 0.717) is 25.3 Å². The zero-order chi connectivity index (χ0) is 21.6. The van der Waals surface area contributed by atoms with E-state index in [1.54, 1.807) is 0 Å². The number of rotatable bonds is 8. The van der Waals surface area contributed by atoms with Crippen molar-refractivity contribution < 1.29 is 9.53 Å². The van der Waals surface area contributed by atoms with Gasteiger partial charge in [0, 0.05) is 31.6 Å². The molecule has 31 heavy (non-hydrogen) atoms. The van der Waals surface area contributed by atoms with Crippen LogP contribution in [0.15, 0.2) is 48.5 Å². The fourth-order valence-corrected chi connectivity index (χ4v) is 4.08. The summed E-state index contributed by atoms with van der Waals surface area (Å²) in [6.07, 6.45) is 1.95. The van der Waals surface area contributed by atoms with E-state index < -0.39 is 0 Å².